The van der Waals surface area contributed by atoms with Crippen molar-refractivity contribution in [1.82, 2.24) is 4.57 Å². The monoisotopic (exact) mass is 595 g/mol. The van der Waals surface area contributed by atoms with Crippen LogP contribution in [-0.4, -0.2) is 31.4 Å². The SMILES string of the molecule is CCOC(=O)C1=C(C)N=c2s/c(=C/c3ccc(OCc4ccccc4C#N)cc3)c(=O)n2[C@@H]1c1ccc(OC)cc1OC. The van der Waals surface area contributed by atoms with Crippen LogP contribution in [0.5, 0.6) is 17.2 Å². The average Bonchev–Trinajstić information content (AvgIpc) is 3.33. The smallest absolute Gasteiger partial charge is 0.338 e. The normalized spacial score (nSPS) is 14.4. The second-order valence-corrected chi connectivity index (χ2v) is 10.5. The van der Waals surface area contributed by atoms with E-state index in [1.54, 1.807) is 51.3 Å². The van der Waals surface area contributed by atoms with E-state index in [2.05, 4.69) is 11.1 Å². The number of benzene rings is 3. The second-order valence-electron chi connectivity index (χ2n) is 9.54. The van der Waals surface area contributed by atoms with Gasteiger partial charge in [0.25, 0.3) is 5.56 Å². The van der Waals surface area contributed by atoms with E-state index in [4.69, 9.17) is 18.9 Å². The van der Waals surface area contributed by atoms with Crippen LogP contribution in [0.2, 0.25) is 0 Å². The molecule has 1 aromatic heterocycles. The van der Waals surface area contributed by atoms with E-state index in [-0.39, 0.29) is 24.3 Å². The number of nitriles is 1. The van der Waals surface area contributed by atoms with Crippen LogP contribution in [0, 0.1) is 11.3 Å². The summed E-state index contributed by atoms with van der Waals surface area (Å²) in [6.45, 7) is 3.91. The van der Waals surface area contributed by atoms with Crippen molar-refractivity contribution < 1.29 is 23.7 Å². The number of ether oxygens (including phenoxy) is 4. The van der Waals surface area contributed by atoms with Gasteiger partial charge in [0, 0.05) is 17.2 Å². The molecule has 0 saturated heterocycles. The Morgan fingerprint density at radius 1 is 1.07 bits per heavy atom. The minimum atomic E-state index is -0.814. The molecular weight excluding hydrogens is 566 g/mol. The lowest BCUT2D eigenvalue weighted by Gasteiger charge is -2.26. The first-order valence-electron chi connectivity index (χ1n) is 13.5. The number of thiazole rings is 1. The van der Waals surface area contributed by atoms with E-state index in [1.807, 2.05) is 42.5 Å². The minimum absolute atomic E-state index is 0.178. The molecule has 2 heterocycles. The molecule has 10 heteroatoms. The molecule has 9 nitrogen and oxygen atoms in total. The summed E-state index contributed by atoms with van der Waals surface area (Å²) in [6.07, 6.45) is 1.78. The summed E-state index contributed by atoms with van der Waals surface area (Å²) in [5, 5.41) is 9.30. The number of esters is 1. The molecule has 0 fully saturated rings. The van der Waals surface area contributed by atoms with Crippen LogP contribution in [0.3, 0.4) is 0 Å². The number of methoxy groups -OCH3 is 2. The molecule has 4 aromatic rings. The first-order chi connectivity index (χ1) is 20.9. The Morgan fingerprint density at radius 3 is 2.51 bits per heavy atom. The highest BCUT2D eigenvalue weighted by atomic mass is 32.1. The van der Waals surface area contributed by atoms with E-state index in [9.17, 15) is 14.9 Å². The van der Waals surface area contributed by atoms with Gasteiger partial charge in [0.2, 0.25) is 0 Å². The molecular formula is C33H29N3O6S. The fourth-order valence-electron chi connectivity index (χ4n) is 4.86. The summed E-state index contributed by atoms with van der Waals surface area (Å²) >= 11 is 1.24. The minimum Gasteiger partial charge on any atom is -0.497 e. The molecule has 1 aliphatic heterocycles. The van der Waals surface area contributed by atoms with Crippen molar-refractivity contribution in [2.24, 2.45) is 4.99 Å². The highest BCUT2D eigenvalue weighted by Crippen LogP contribution is 2.37. The number of hydrogen-bond acceptors (Lipinski definition) is 9. The average molecular weight is 596 g/mol. The Bertz CT molecular complexity index is 1930. The standard InChI is InChI=1S/C33H29N3O6S/c1-5-41-32(38)29-20(2)35-33-36(30(29)26-15-14-25(39-3)17-27(26)40-4)31(37)28(43-33)16-21-10-12-24(13-11-21)42-19-23-9-7-6-8-22(23)18-34/h6-17,30H,5,19H2,1-4H3/b28-16+/t30-/m1/s1. The van der Waals surface area contributed by atoms with Crippen LogP contribution in [-0.2, 0) is 16.1 Å². The number of fused-ring (bicyclic) bond motifs is 1. The Kier molecular flexibility index (Phi) is 8.74. The maximum Gasteiger partial charge on any atom is 0.338 e. The summed E-state index contributed by atoms with van der Waals surface area (Å²) in [6, 6.07) is 21.2. The van der Waals surface area contributed by atoms with Gasteiger partial charge >= 0.3 is 5.97 Å². The fraction of sp³-hybridized carbons (Fsp3) is 0.212. The maximum atomic E-state index is 13.9. The van der Waals surface area contributed by atoms with Crippen molar-refractivity contribution in [3.8, 4) is 23.3 Å². The molecule has 0 N–H and O–H groups in total. The quantitative estimate of drug-likeness (QED) is 0.266. The Labute approximate surface area is 252 Å². The van der Waals surface area contributed by atoms with Gasteiger partial charge in [0.15, 0.2) is 4.80 Å². The van der Waals surface area contributed by atoms with Gasteiger partial charge in [-0.3, -0.25) is 9.36 Å². The predicted octanol–water partition coefficient (Wildman–Crippen LogP) is 4.27. The van der Waals surface area contributed by atoms with Crippen LogP contribution < -0.4 is 29.1 Å². The molecule has 1 aliphatic rings. The Morgan fingerprint density at radius 2 is 1.81 bits per heavy atom. The van der Waals surface area contributed by atoms with Crippen LogP contribution in [0.1, 0.15) is 42.1 Å². The largest absolute Gasteiger partial charge is 0.497 e. The number of carbonyl (C=O) groups excluding carboxylic acids is 1. The van der Waals surface area contributed by atoms with E-state index >= 15 is 0 Å². The summed E-state index contributed by atoms with van der Waals surface area (Å²) in [4.78, 5) is 32.2. The summed E-state index contributed by atoms with van der Waals surface area (Å²) in [7, 11) is 3.08. The van der Waals surface area contributed by atoms with E-state index < -0.39 is 12.0 Å². The molecule has 0 aliphatic carbocycles. The van der Waals surface area contributed by atoms with Gasteiger partial charge in [0.05, 0.1) is 48.3 Å². The van der Waals surface area contributed by atoms with Gasteiger partial charge in [0.1, 0.15) is 29.9 Å². The van der Waals surface area contributed by atoms with E-state index in [1.165, 1.54) is 23.0 Å². The van der Waals surface area contributed by atoms with Crippen LogP contribution in [0.25, 0.3) is 6.08 Å². The van der Waals surface area contributed by atoms with Gasteiger partial charge in [-0.05, 0) is 55.8 Å². The zero-order valence-electron chi connectivity index (χ0n) is 24.1. The first kappa shape index (κ1) is 29.4. The molecule has 218 valence electrons. The van der Waals surface area contributed by atoms with Gasteiger partial charge in [-0.15, -0.1) is 0 Å². The van der Waals surface area contributed by atoms with E-state index in [0.29, 0.717) is 43.4 Å². The van der Waals surface area contributed by atoms with Gasteiger partial charge < -0.3 is 18.9 Å². The lowest BCUT2D eigenvalue weighted by Crippen LogP contribution is -2.40. The number of aromatic nitrogens is 1. The van der Waals surface area contributed by atoms with Crippen molar-refractivity contribution in [3.63, 3.8) is 0 Å². The molecule has 0 amide bonds. The van der Waals surface area contributed by atoms with E-state index in [0.717, 1.165) is 11.1 Å². The topological polar surface area (TPSA) is 112 Å². The number of nitrogens with zero attached hydrogens (tertiary/aromatic N) is 3. The third-order valence-corrected chi connectivity index (χ3v) is 7.95. The van der Waals surface area contributed by atoms with Crippen molar-refractivity contribution in [2.45, 2.75) is 26.5 Å². The Balaban J connectivity index is 1.53. The van der Waals surface area contributed by atoms with Gasteiger partial charge in [-0.2, -0.15) is 5.26 Å². The molecule has 5 rings (SSSR count). The third-order valence-electron chi connectivity index (χ3n) is 6.96. The van der Waals surface area contributed by atoms with Crippen LogP contribution in [0.15, 0.2) is 87.8 Å². The third kappa shape index (κ3) is 5.94. The number of allylic oxidation sites excluding steroid dienone is 1. The van der Waals surface area contributed by atoms with Crippen LogP contribution in [0.4, 0.5) is 0 Å². The van der Waals surface area contributed by atoms with Crippen molar-refractivity contribution in [3.05, 3.63) is 120 Å². The lowest BCUT2D eigenvalue weighted by atomic mass is 9.95. The Hall–Kier alpha value is -5.14. The molecule has 43 heavy (non-hydrogen) atoms. The molecule has 0 spiro atoms. The molecule has 3 aromatic carbocycles. The molecule has 0 radical (unpaired) electrons. The first-order valence-corrected chi connectivity index (χ1v) is 14.3. The van der Waals surface area contributed by atoms with Crippen molar-refractivity contribution >= 4 is 23.4 Å². The second kappa shape index (κ2) is 12.8. The summed E-state index contributed by atoms with van der Waals surface area (Å²) in [5.74, 6) is 1.12. The maximum absolute atomic E-state index is 13.9. The summed E-state index contributed by atoms with van der Waals surface area (Å²) in [5.41, 5.74) is 3.20. The fourth-order valence-corrected chi connectivity index (χ4v) is 5.90. The number of carbonyl (C=O) groups is 1. The van der Waals surface area contributed by atoms with Crippen molar-refractivity contribution in [2.75, 3.05) is 20.8 Å². The predicted molar refractivity (Wildman–Crippen MR) is 162 cm³/mol. The number of hydrogen-bond donors (Lipinski definition) is 0. The molecule has 1 atom stereocenters. The highest BCUT2D eigenvalue weighted by molar-refractivity contribution is 7.07. The zero-order chi connectivity index (χ0) is 30.5. The van der Waals surface area contributed by atoms with Gasteiger partial charge in [-0.1, -0.05) is 41.7 Å². The van der Waals surface area contributed by atoms with Crippen LogP contribution >= 0.6 is 11.3 Å². The zero-order valence-corrected chi connectivity index (χ0v) is 24.9. The van der Waals surface area contributed by atoms with Crippen molar-refractivity contribution in [1.29, 1.82) is 5.26 Å². The lowest BCUT2D eigenvalue weighted by molar-refractivity contribution is -0.139. The molecule has 0 bridgehead atoms. The van der Waals surface area contributed by atoms with Gasteiger partial charge in [-0.25, -0.2) is 9.79 Å². The molecule has 0 unspecified atom stereocenters. The summed E-state index contributed by atoms with van der Waals surface area (Å²) < 4.78 is 24.3. The molecule has 0 saturated carbocycles. The number of rotatable bonds is 9. The highest BCUT2D eigenvalue weighted by Gasteiger charge is 2.35.